The van der Waals surface area contributed by atoms with Crippen LogP contribution in [0.4, 0.5) is 0 Å². The van der Waals surface area contributed by atoms with Crippen molar-refractivity contribution in [3.63, 3.8) is 0 Å². The van der Waals surface area contributed by atoms with E-state index in [1.54, 1.807) is 18.2 Å². The normalized spacial score (nSPS) is 13.8. The molecule has 0 bridgehead atoms. The van der Waals surface area contributed by atoms with Gasteiger partial charge in [0.05, 0.1) is 19.3 Å². The van der Waals surface area contributed by atoms with Crippen LogP contribution >= 0.6 is 0 Å². The first-order chi connectivity index (χ1) is 14.3. The summed E-state index contributed by atoms with van der Waals surface area (Å²) in [6.45, 7) is 10.9. The van der Waals surface area contributed by atoms with Crippen LogP contribution < -0.4 is 5.32 Å². The Hall–Kier alpha value is -2.74. The van der Waals surface area contributed by atoms with Gasteiger partial charge in [-0.15, -0.1) is 0 Å². The van der Waals surface area contributed by atoms with Gasteiger partial charge in [-0.1, -0.05) is 45.9 Å². The Bertz CT molecular complexity index is 651. The van der Waals surface area contributed by atoms with E-state index in [4.69, 9.17) is 9.47 Å². The lowest BCUT2D eigenvalue weighted by atomic mass is 10.0. The summed E-state index contributed by atoms with van der Waals surface area (Å²) in [5.41, 5.74) is 0.477. The van der Waals surface area contributed by atoms with E-state index >= 15 is 0 Å². The SMILES string of the molecule is C=CNC(/C=C\C[N+](=O)[O-])=NCCC(CC)COC/C=C(\C=C/C(C)C)C(=O)OC. The Balaban J connectivity index is 4.63. The van der Waals surface area contributed by atoms with Crippen molar-refractivity contribution >= 4 is 11.8 Å². The van der Waals surface area contributed by atoms with Gasteiger partial charge in [0.1, 0.15) is 5.84 Å². The number of hydrogen-bond acceptors (Lipinski definition) is 6. The van der Waals surface area contributed by atoms with Crippen LogP contribution in [0.1, 0.15) is 33.6 Å². The minimum Gasteiger partial charge on any atom is -0.465 e. The van der Waals surface area contributed by atoms with Crippen LogP contribution in [0.25, 0.3) is 0 Å². The molecule has 0 spiro atoms. The highest BCUT2D eigenvalue weighted by molar-refractivity contribution is 5.93. The van der Waals surface area contributed by atoms with Crippen molar-refractivity contribution in [2.24, 2.45) is 16.8 Å². The van der Waals surface area contributed by atoms with Crippen molar-refractivity contribution in [3.05, 3.63) is 58.8 Å². The van der Waals surface area contributed by atoms with Gasteiger partial charge in [0.2, 0.25) is 6.54 Å². The molecule has 168 valence electrons. The molecule has 8 heteroatoms. The van der Waals surface area contributed by atoms with Gasteiger partial charge in [-0.3, -0.25) is 15.1 Å². The number of hydrogen-bond donors (Lipinski definition) is 1. The predicted molar refractivity (Wildman–Crippen MR) is 120 cm³/mol. The van der Waals surface area contributed by atoms with Crippen LogP contribution in [0.3, 0.4) is 0 Å². The summed E-state index contributed by atoms with van der Waals surface area (Å²) in [4.78, 5) is 26.2. The van der Waals surface area contributed by atoms with E-state index in [2.05, 4.69) is 23.8 Å². The fraction of sp³-hybridized carbons (Fsp3) is 0.545. The van der Waals surface area contributed by atoms with Crippen LogP contribution in [0.2, 0.25) is 0 Å². The number of carbonyl (C=O) groups is 1. The average Bonchev–Trinajstić information content (AvgIpc) is 2.70. The first-order valence-corrected chi connectivity index (χ1v) is 10.1. The maximum atomic E-state index is 11.8. The molecule has 30 heavy (non-hydrogen) atoms. The zero-order valence-electron chi connectivity index (χ0n) is 18.5. The van der Waals surface area contributed by atoms with E-state index in [1.165, 1.54) is 19.4 Å². The largest absolute Gasteiger partial charge is 0.465 e. The second-order valence-electron chi connectivity index (χ2n) is 6.89. The summed E-state index contributed by atoms with van der Waals surface area (Å²) < 4.78 is 10.5. The number of amidine groups is 1. The zero-order valence-corrected chi connectivity index (χ0v) is 18.5. The van der Waals surface area contributed by atoms with Crippen LogP contribution in [-0.2, 0) is 14.3 Å². The van der Waals surface area contributed by atoms with Crippen molar-refractivity contribution in [2.45, 2.75) is 33.6 Å². The number of nitrogens with one attached hydrogen (secondary N) is 1. The second kappa shape index (κ2) is 17.1. The maximum absolute atomic E-state index is 11.8. The molecule has 1 unspecified atom stereocenters. The van der Waals surface area contributed by atoms with Crippen molar-refractivity contribution in [2.75, 3.05) is 33.4 Å². The number of ether oxygens (including phenoxy) is 2. The van der Waals surface area contributed by atoms with E-state index in [9.17, 15) is 14.9 Å². The van der Waals surface area contributed by atoms with Gasteiger partial charge in [-0.25, -0.2) is 4.79 Å². The number of rotatable bonds is 15. The molecule has 0 radical (unpaired) electrons. The summed E-state index contributed by atoms with van der Waals surface area (Å²) in [5.74, 6) is 0.788. The molecular formula is C22H35N3O5. The third-order valence-electron chi connectivity index (χ3n) is 4.03. The highest BCUT2D eigenvalue weighted by Crippen LogP contribution is 2.10. The molecule has 0 saturated heterocycles. The molecule has 0 fully saturated rings. The number of esters is 1. The van der Waals surface area contributed by atoms with Gasteiger partial charge in [0, 0.05) is 18.1 Å². The lowest BCUT2D eigenvalue weighted by Crippen LogP contribution is -2.16. The predicted octanol–water partition coefficient (Wildman–Crippen LogP) is 3.70. The molecule has 1 N–H and O–H groups in total. The Morgan fingerprint density at radius 2 is 2.07 bits per heavy atom. The summed E-state index contributed by atoms with van der Waals surface area (Å²) >= 11 is 0. The third-order valence-corrected chi connectivity index (χ3v) is 4.03. The molecule has 0 amide bonds. The summed E-state index contributed by atoms with van der Waals surface area (Å²) in [5, 5.41) is 13.3. The Kier molecular flexibility index (Phi) is 15.6. The number of carbonyl (C=O) groups excluding carboxylic acids is 1. The van der Waals surface area contributed by atoms with Crippen LogP contribution in [0.5, 0.6) is 0 Å². The third kappa shape index (κ3) is 14.3. The monoisotopic (exact) mass is 421 g/mol. The first-order valence-electron chi connectivity index (χ1n) is 10.1. The maximum Gasteiger partial charge on any atom is 0.337 e. The average molecular weight is 422 g/mol. The molecule has 0 saturated carbocycles. The standard InChI is InChI=1S/C22H35N3O5/c1-6-19(12-14-24-21(23-7-2)9-8-15-25(27)28)17-30-16-13-20(22(26)29-5)11-10-18(3)4/h7-11,13,18-19H,2,6,12,14-17H2,1,3-5H3,(H,23,24)/b9-8-,11-10-,20-13+. The Labute approximate surface area is 179 Å². The fourth-order valence-electron chi connectivity index (χ4n) is 2.29. The Morgan fingerprint density at radius 1 is 1.33 bits per heavy atom. The van der Waals surface area contributed by atoms with Gasteiger partial charge in [0.15, 0.2) is 0 Å². The van der Waals surface area contributed by atoms with E-state index < -0.39 is 4.92 Å². The molecule has 1 atom stereocenters. The molecule has 0 aromatic heterocycles. The van der Waals surface area contributed by atoms with E-state index in [0.29, 0.717) is 43.0 Å². The van der Waals surface area contributed by atoms with E-state index in [1.807, 2.05) is 19.9 Å². The minimum absolute atomic E-state index is 0.253. The first kappa shape index (κ1) is 27.3. The van der Waals surface area contributed by atoms with Crippen LogP contribution in [-0.4, -0.2) is 50.1 Å². The molecule has 0 aliphatic heterocycles. The highest BCUT2D eigenvalue weighted by atomic mass is 16.6. The number of nitrogens with zero attached hydrogens (tertiary/aromatic N) is 2. The van der Waals surface area contributed by atoms with E-state index in [0.717, 1.165) is 12.8 Å². The summed E-state index contributed by atoms with van der Waals surface area (Å²) in [7, 11) is 1.36. The Morgan fingerprint density at radius 3 is 2.63 bits per heavy atom. The van der Waals surface area contributed by atoms with E-state index in [-0.39, 0.29) is 12.5 Å². The summed E-state index contributed by atoms with van der Waals surface area (Å²) in [6, 6.07) is 0. The molecule has 8 nitrogen and oxygen atoms in total. The smallest absolute Gasteiger partial charge is 0.337 e. The van der Waals surface area contributed by atoms with Gasteiger partial charge < -0.3 is 14.8 Å². The van der Waals surface area contributed by atoms with Crippen LogP contribution in [0, 0.1) is 22.0 Å². The van der Waals surface area contributed by atoms with Gasteiger partial charge in [-0.2, -0.15) is 0 Å². The fourth-order valence-corrected chi connectivity index (χ4v) is 2.29. The lowest BCUT2D eigenvalue weighted by molar-refractivity contribution is -0.468. The van der Waals surface area contributed by atoms with Crippen LogP contribution in [0.15, 0.2) is 53.7 Å². The molecule has 0 aliphatic carbocycles. The second-order valence-corrected chi connectivity index (χ2v) is 6.89. The van der Waals surface area contributed by atoms with Crippen molar-refractivity contribution in [3.8, 4) is 0 Å². The molecular weight excluding hydrogens is 386 g/mol. The van der Waals surface area contributed by atoms with Gasteiger partial charge >= 0.3 is 5.97 Å². The number of allylic oxidation sites excluding steroid dienone is 1. The molecule has 0 aromatic rings. The summed E-state index contributed by atoms with van der Waals surface area (Å²) in [6.07, 6.45) is 11.6. The van der Waals surface area contributed by atoms with Crippen molar-refractivity contribution in [1.29, 1.82) is 0 Å². The number of nitro groups is 1. The number of methoxy groups -OCH3 is 1. The zero-order chi connectivity index (χ0) is 22.8. The van der Waals surface area contributed by atoms with Crippen molar-refractivity contribution in [1.82, 2.24) is 5.32 Å². The molecule has 0 heterocycles. The number of aliphatic imine (C=N–C) groups is 1. The van der Waals surface area contributed by atoms with Crippen molar-refractivity contribution < 1.29 is 19.2 Å². The lowest BCUT2D eigenvalue weighted by Gasteiger charge is -2.13. The minimum atomic E-state index is -0.412. The molecule has 0 rings (SSSR count). The molecule has 0 aromatic carbocycles. The van der Waals surface area contributed by atoms with Gasteiger partial charge in [0.25, 0.3) is 0 Å². The van der Waals surface area contributed by atoms with Gasteiger partial charge in [-0.05, 0) is 42.7 Å². The molecule has 0 aliphatic rings. The topological polar surface area (TPSA) is 103 Å². The highest BCUT2D eigenvalue weighted by Gasteiger charge is 2.08. The quantitative estimate of drug-likeness (QED) is 0.0632.